The van der Waals surface area contributed by atoms with Crippen LogP contribution in [-0.2, 0) is 0 Å². The molecule has 5 nitrogen and oxygen atoms in total. The highest BCUT2D eigenvalue weighted by molar-refractivity contribution is 4.92. The van der Waals surface area contributed by atoms with Crippen LogP contribution in [0, 0.1) is 0 Å². The summed E-state index contributed by atoms with van der Waals surface area (Å²) in [7, 11) is 0. The van der Waals surface area contributed by atoms with Gasteiger partial charge < -0.3 is 22.5 Å². The molecule has 3 atom stereocenters. The smallest absolute Gasteiger partial charge is 0.0388 e. The molecule has 0 amide bonds. The number of rotatable bonds is 5. The van der Waals surface area contributed by atoms with Crippen LogP contribution < -0.4 is 22.5 Å². The Hall–Kier alpha value is -0.200. The van der Waals surface area contributed by atoms with E-state index < -0.39 is 0 Å². The maximum atomic E-state index is 6.18. The highest BCUT2D eigenvalue weighted by atomic mass is 15.2. The minimum absolute atomic E-state index is 0.0364. The fourth-order valence-corrected chi connectivity index (χ4v) is 2.15. The van der Waals surface area contributed by atoms with E-state index in [1.54, 1.807) is 0 Å². The van der Waals surface area contributed by atoms with Crippen LogP contribution >= 0.6 is 0 Å². The second-order valence-corrected chi connectivity index (χ2v) is 4.25. The standard InChI is InChI=1S/C10H25N5/c1-2-8(12)10(13)9-7-14-4-6-15(9)5-3-11/h8-10,14H,2-7,11-13H2,1H3. The topological polar surface area (TPSA) is 93.3 Å². The van der Waals surface area contributed by atoms with Gasteiger partial charge >= 0.3 is 0 Å². The van der Waals surface area contributed by atoms with Crippen LogP contribution in [0.1, 0.15) is 13.3 Å². The van der Waals surface area contributed by atoms with Gasteiger partial charge in [0.25, 0.3) is 0 Å². The lowest BCUT2D eigenvalue weighted by molar-refractivity contribution is 0.133. The summed E-state index contributed by atoms with van der Waals surface area (Å²) in [5, 5.41) is 3.37. The normalized spacial score (nSPS) is 27.6. The van der Waals surface area contributed by atoms with Gasteiger partial charge in [0.1, 0.15) is 0 Å². The fourth-order valence-electron chi connectivity index (χ4n) is 2.15. The van der Waals surface area contributed by atoms with Crippen molar-refractivity contribution in [1.29, 1.82) is 0 Å². The first-order valence-electron chi connectivity index (χ1n) is 5.86. The zero-order valence-electron chi connectivity index (χ0n) is 9.65. The SMILES string of the molecule is CCC(N)C(N)C1CNCCN1CCN. The third-order valence-electron chi connectivity index (χ3n) is 3.22. The minimum Gasteiger partial charge on any atom is -0.329 e. The molecule has 1 aliphatic rings. The average Bonchev–Trinajstić information content (AvgIpc) is 2.28. The first-order valence-corrected chi connectivity index (χ1v) is 5.86. The largest absolute Gasteiger partial charge is 0.329 e. The molecule has 0 bridgehead atoms. The third-order valence-corrected chi connectivity index (χ3v) is 3.22. The van der Waals surface area contributed by atoms with Crippen LogP contribution in [0.15, 0.2) is 0 Å². The molecule has 5 heteroatoms. The van der Waals surface area contributed by atoms with E-state index in [2.05, 4.69) is 17.1 Å². The number of piperazine rings is 1. The first-order chi connectivity index (χ1) is 7.20. The molecule has 0 aromatic heterocycles. The predicted molar refractivity (Wildman–Crippen MR) is 63.5 cm³/mol. The van der Waals surface area contributed by atoms with E-state index in [-0.39, 0.29) is 12.1 Å². The molecule has 1 saturated heterocycles. The van der Waals surface area contributed by atoms with Gasteiger partial charge in [-0.3, -0.25) is 4.90 Å². The molecule has 0 spiro atoms. The van der Waals surface area contributed by atoms with Gasteiger partial charge in [0.2, 0.25) is 0 Å². The highest BCUT2D eigenvalue weighted by Gasteiger charge is 2.29. The summed E-state index contributed by atoms with van der Waals surface area (Å²) in [4.78, 5) is 2.36. The van der Waals surface area contributed by atoms with Crippen molar-refractivity contribution in [3.63, 3.8) is 0 Å². The lowest BCUT2D eigenvalue weighted by Gasteiger charge is -2.41. The van der Waals surface area contributed by atoms with Crippen molar-refractivity contribution in [3.05, 3.63) is 0 Å². The number of nitrogens with zero attached hydrogens (tertiary/aromatic N) is 1. The third kappa shape index (κ3) is 3.39. The maximum absolute atomic E-state index is 6.18. The van der Waals surface area contributed by atoms with Crippen molar-refractivity contribution in [2.75, 3.05) is 32.7 Å². The Morgan fingerprint density at radius 1 is 1.47 bits per heavy atom. The van der Waals surface area contributed by atoms with E-state index in [0.717, 1.165) is 32.6 Å². The van der Waals surface area contributed by atoms with Crippen molar-refractivity contribution in [2.24, 2.45) is 17.2 Å². The van der Waals surface area contributed by atoms with Crippen LogP contribution in [0.4, 0.5) is 0 Å². The molecule has 90 valence electrons. The molecule has 7 N–H and O–H groups in total. The van der Waals surface area contributed by atoms with Gasteiger partial charge in [-0.25, -0.2) is 0 Å². The minimum atomic E-state index is 0.0364. The van der Waals surface area contributed by atoms with Crippen molar-refractivity contribution in [2.45, 2.75) is 31.5 Å². The lowest BCUT2D eigenvalue weighted by Crippen LogP contribution is -2.63. The molecule has 1 heterocycles. The van der Waals surface area contributed by atoms with Crippen molar-refractivity contribution >= 4 is 0 Å². The molecule has 1 fully saturated rings. The van der Waals surface area contributed by atoms with Crippen LogP contribution in [0.2, 0.25) is 0 Å². The van der Waals surface area contributed by atoms with Crippen molar-refractivity contribution in [1.82, 2.24) is 10.2 Å². The molecular weight excluding hydrogens is 190 g/mol. The number of hydrogen-bond acceptors (Lipinski definition) is 5. The van der Waals surface area contributed by atoms with Crippen LogP contribution in [0.25, 0.3) is 0 Å². The van der Waals surface area contributed by atoms with E-state index in [1.807, 2.05) is 0 Å². The molecule has 0 aromatic carbocycles. The summed E-state index contributed by atoms with van der Waals surface area (Å²) in [6.07, 6.45) is 0.925. The second kappa shape index (κ2) is 6.40. The summed E-state index contributed by atoms with van der Waals surface area (Å²) in [5.41, 5.74) is 17.8. The highest BCUT2D eigenvalue weighted by Crippen LogP contribution is 2.09. The molecule has 3 unspecified atom stereocenters. The van der Waals surface area contributed by atoms with E-state index in [9.17, 15) is 0 Å². The summed E-state index contributed by atoms with van der Waals surface area (Å²) < 4.78 is 0. The molecule has 0 aromatic rings. The zero-order chi connectivity index (χ0) is 11.3. The summed E-state index contributed by atoms with van der Waals surface area (Å²) >= 11 is 0. The predicted octanol–water partition coefficient (Wildman–Crippen LogP) is -1.72. The van der Waals surface area contributed by atoms with Gasteiger partial charge in [-0.05, 0) is 6.42 Å². The van der Waals surface area contributed by atoms with Crippen molar-refractivity contribution < 1.29 is 0 Å². The van der Waals surface area contributed by atoms with Crippen molar-refractivity contribution in [3.8, 4) is 0 Å². The lowest BCUT2D eigenvalue weighted by atomic mass is 9.96. The van der Waals surface area contributed by atoms with Gasteiger partial charge in [0, 0.05) is 50.8 Å². The van der Waals surface area contributed by atoms with Gasteiger partial charge in [-0.15, -0.1) is 0 Å². The Kier molecular flexibility index (Phi) is 5.49. The Labute approximate surface area is 92.3 Å². The summed E-state index contributed by atoms with van der Waals surface area (Å²) in [6.45, 7) is 6.64. The molecule has 0 saturated carbocycles. The zero-order valence-corrected chi connectivity index (χ0v) is 9.65. The fraction of sp³-hybridized carbons (Fsp3) is 1.00. The maximum Gasteiger partial charge on any atom is 0.0388 e. The van der Waals surface area contributed by atoms with Gasteiger partial charge in [-0.2, -0.15) is 0 Å². The van der Waals surface area contributed by atoms with Crippen LogP contribution in [-0.4, -0.2) is 55.7 Å². The second-order valence-electron chi connectivity index (χ2n) is 4.25. The van der Waals surface area contributed by atoms with Gasteiger partial charge in [-0.1, -0.05) is 6.92 Å². The number of hydrogen-bond donors (Lipinski definition) is 4. The Balaban J connectivity index is 2.54. The first kappa shape index (κ1) is 12.9. The Morgan fingerprint density at radius 3 is 2.80 bits per heavy atom. The monoisotopic (exact) mass is 215 g/mol. The quantitative estimate of drug-likeness (QED) is 0.438. The van der Waals surface area contributed by atoms with E-state index in [1.165, 1.54) is 0 Å². The molecule has 1 aliphatic heterocycles. The average molecular weight is 215 g/mol. The molecule has 0 aliphatic carbocycles. The number of nitrogens with one attached hydrogen (secondary N) is 1. The van der Waals surface area contributed by atoms with E-state index >= 15 is 0 Å². The molecule has 1 rings (SSSR count). The van der Waals surface area contributed by atoms with Gasteiger partial charge in [0.05, 0.1) is 0 Å². The summed E-state index contributed by atoms with van der Waals surface area (Å²) in [6, 6.07) is 0.446. The van der Waals surface area contributed by atoms with Crippen LogP contribution in [0.3, 0.4) is 0 Å². The molecule has 0 radical (unpaired) electrons. The van der Waals surface area contributed by atoms with Gasteiger partial charge in [0.15, 0.2) is 0 Å². The molecule has 15 heavy (non-hydrogen) atoms. The van der Waals surface area contributed by atoms with Crippen LogP contribution in [0.5, 0.6) is 0 Å². The Morgan fingerprint density at radius 2 is 2.20 bits per heavy atom. The Bertz CT molecular complexity index is 171. The van der Waals surface area contributed by atoms with E-state index in [0.29, 0.717) is 12.6 Å². The van der Waals surface area contributed by atoms with E-state index in [4.69, 9.17) is 17.2 Å². The summed E-state index contributed by atoms with van der Waals surface area (Å²) in [5.74, 6) is 0. The number of nitrogens with two attached hydrogens (primary N) is 3. The molecular formula is C10H25N5.